The molecule has 1 fully saturated rings. The first-order valence-corrected chi connectivity index (χ1v) is 10.1. The van der Waals surface area contributed by atoms with Crippen molar-refractivity contribution in [1.82, 2.24) is 9.97 Å². The number of hydrogen-bond donors (Lipinski definition) is 3. The Bertz CT molecular complexity index is 1100. The number of halogens is 3. The van der Waals surface area contributed by atoms with E-state index in [1.807, 2.05) is 4.90 Å². The van der Waals surface area contributed by atoms with E-state index in [1.165, 1.54) is 12.1 Å². The molecule has 2 aliphatic heterocycles. The van der Waals surface area contributed by atoms with Gasteiger partial charge in [0.2, 0.25) is 17.8 Å². The molecule has 1 atom stereocenters. The van der Waals surface area contributed by atoms with E-state index in [1.54, 1.807) is 0 Å². The fourth-order valence-corrected chi connectivity index (χ4v) is 3.84. The Hall–Kier alpha value is -3.57. The molecule has 0 bridgehead atoms. The lowest BCUT2D eigenvalue weighted by Gasteiger charge is -2.29. The predicted molar refractivity (Wildman–Crippen MR) is 109 cm³/mol. The molecule has 0 saturated carbocycles. The van der Waals surface area contributed by atoms with Crippen LogP contribution in [0.25, 0.3) is 0 Å². The first-order valence-electron chi connectivity index (χ1n) is 10.1. The number of alkyl halides is 3. The molecular formula is C20H20F3N5O4. The van der Waals surface area contributed by atoms with Gasteiger partial charge in [-0.25, -0.2) is 0 Å². The molecule has 12 heteroatoms. The van der Waals surface area contributed by atoms with Crippen molar-refractivity contribution in [3.05, 3.63) is 40.2 Å². The smallest absolute Gasteiger partial charge is 0.406 e. The standard InChI is InChI=1S/C20H20F3N5O4/c21-20(22,23)32-12-6-4-5-11(9-12)24-17(30)13-10-14(29)25-16-15(13)18(31)27-19(26-16)28-7-2-1-3-8-28/h4-6,9,13H,1-3,7-8,10H2,(H,24,30)(H2,25,26,27,29,31). The lowest BCUT2D eigenvalue weighted by molar-refractivity contribution is -0.274. The zero-order valence-electron chi connectivity index (χ0n) is 16.8. The molecule has 4 rings (SSSR count). The van der Waals surface area contributed by atoms with Crippen molar-refractivity contribution in [2.45, 2.75) is 38.0 Å². The number of aromatic amines is 1. The fraction of sp³-hybridized carbons (Fsp3) is 0.400. The number of aromatic nitrogens is 2. The van der Waals surface area contributed by atoms with Gasteiger partial charge in [-0.2, -0.15) is 4.98 Å². The number of carbonyl (C=O) groups is 2. The number of nitrogens with zero attached hydrogens (tertiary/aromatic N) is 2. The summed E-state index contributed by atoms with van der Waals surface area (Å²) in [6.07, 6.45) is -2.19. The zero-order chi connectivity index (χ0) is 22.9. The molecule has 2 aliphatic rings. The summed E-state index contributed by atoms with van der Waals surface area (Å²) in [6.45, 7) is 1.44. The Kier molecular flexibility index (Phi) is 5.76. The van der Waals surface area contributed by atoms with Gasteiger partial charge in [-0.3, -0.25) is 19.4 Å². The van der Waals surface area contributed by atoms with Crippen LogP contribution < -0.4 is 25.8 Å². The number of piperidine rings is 1. The third-order valence-corrected chi connectivity index (χ3v) is 5.25. The summed E-state index contributed by atoms with van der Waals surface area (Å²) in [5.41, 5.74) is -0.519. The summed E-state index contributed by atoms with van der Waals surface area (Å²) < 4.78 is 41.2. The predicted octanol–water partition coefficient (Wildman–Crippen LogP) is 2.72. The van der Waals surface area contributed by atoms with Gasteiger partial charge < -0.3 is 20.3 Å². The molecule has 2 aromatic rings. The Morgan fingerprint density at radius 1 is 1.19 bits per heavy atom. The highest BCUT2D eigenvalue weighted by Crippen LogP contribution is 2.31. The van der Waals surface area contributed by atoms with E-state index in [0.29, 0.717) is 5.95 Å². The Balaban J connectivity index is 1.59. The van der Waals surface area contributed by atoms with Crippen LogP contribution in [0.4, 0.5) is 30.6 Å². The van der Waals surface area contributed by atoms with Crippen LogP contribution in [0.2, 0.25) is 0 Å². The van der Waals surface area contributed by atoms with Crippen LogP contribution >= 0.6 is 0 Å². The third-order valence-electron chi connectivity index (χ3n) is 5.25. The maximum atomic E-state index is 12.9. The van der Waals surface area contributed by atoms with Gasteiger partial charge in [0.25, 0.3) is 5.56 Å². The van der Waals surface area contributed by atoms with E-state index >= 15 is 0 Å². The molecule has 1 saturated heterocycles. The van der Waals surface area contributed by atoms with E-state index in [-0.39, 0.29) is 23.5 Å². The minimum atomic E-state index is -4.88. The first kappa shape index (κ1) is 21.7. The Labute approximate surface area is 180 Å². The van der Waals surface area contributed by atoms with Gasteiger partial charge in [-0.1, -0.05) is 6.07 Å². The van der Waals surface area contributed by atoms with Gasteiger partial charge in [0, 0.05) is 31.3 Å². The monoisotopic (exact) mass is 451 g/mol. The number of hydrogen-bond acceptors (Lipinski definition) is 6. The molecule has 2 amide bonds. The molecular weight excluding hydrogens is 431 g/mol. The van der Waals surface area contributed by atoms with E-state index < -0.39 is 35.4 Å². The lowest BCUT2D eigenvalue weighted by atomic mass is 9.92. The van der Waals surface area contributed by atoms with E-state index in [9.17, 15) is 27.6 Å². The van der Waals surface area contributed by atoms with Crippen LogP contribution in [-0.2, 0) is 9.59 Å². The Morgan fingerprint density at radius 3 is 2.66 bits per heavy atom. The normalized spacial score (nSPS) is 18.5. The molecule has 3 N–H and O–H groups in total. The summed E-state index contributed by atoms with van der Waals surface area (Å²) >= 11 is 0. The van der Waals surface area contributed by atoms with Gasteiger partial charge in [0.05, 0.1) is 11.5 Å². The first-order chi connectivity index (χ1) is 15.2. The second-order valence-corrected chi connectivity index (χ2v) is 7.57. The number of benzene rings is 1. The number of amides is 2. The second-order valence-electron chi connectivity index (χ2n) is 7.57. The quantitative estimate of drug-likeness (QED) is 0.658. The highest BCUT2D eigenvalue weighted by atomic mass is 19.4. The topological polar surface area (TPSA) is 116 Å². The Morgan fingerprint density at radius 2 is 1.94 bits per heavy atom. The number of nitrogens with one attached hydrogen (secondary N) is 3. The number of rotatable bonds is 4. The summed E-state index contributed by atoms with van der Waals surface area (Å²) in [7, 11) is 0. The minimum Gasteiger partial charge on any atom is -0.406 e. The average Bonchev–Trinajstić information content (AvgIpc) is 2.72. The summed E-state index contributed by atoms with van der Waals surface area (Å²) in [4.78, 5) is 46.8. The molecule has 0 spiro atoms. The highest BCUT2D eigenvalue weighted by molar-refractivity contribution is 6.04. The van der Waals surface area contributed by atoms with E-state index in [2.05, 4.69) is 25.3 Å². The highest BCUT2D eigenvalue weighted by Gasteiger charge is 2.35. The number of H-pyrrole nitrogens is 1. The van der Waals surface area contributed by atoms with Gasteiger partial charge >= 0.3 is 6.36 Å². The van der Waals surface area contributed by atoms with Crippen molar-refractivity contribution in [2.75, 3.05) is 28.6 Å². The van der Waals surface area contributed by atoms with E-state index in [0.717, 1.165) is 44.5 Å². The summed E-state index contributed by atoms with van der Waals surface area (Å²) in [6, 6.07) is 4.73. The molecule has 1 aromatic heterocycles. The molecule has 1 aromatic carbocycles. The van der Waals surface area contributed by atoms with Crippen molar-refractivity contribution in [3.63, 3.8) is 0 Å². The van der Waals surface area contributed by atoms with Gasteiger partial charge in [0.1, 0.15) is 11.6 Å². The zero-order valence-corrected chi connectivity index (χ0v) is 16.8. The van der Waals surface area contributed by atoms with E-state index in [4.69, 9.17) is 0 Å². The van der Waals surface area contributed by atoms with Crippen LogP contribution in [0, 0.1) is 0 Å². The maximum Gasteiger partial charge on any atom is 0.573 e. The molecule has 1 unspecified atom stereocenters. The van der Waals surface area contributed by atoms with Crippen molar-refractivity contribution in [1.29, 1.82) is 0 Å². The van der Waals surface area contributed by atoms with Crippen molar-refractivity contribution >= 4 is 29.3 Å². The number of ether oxygens (including phenoxy) is 1. The third kappa shape index (κ3) is 4.84. The molecule has 0 radical (unpaired) electrons. The van der Waals surface area contributed by atoms with Crippen LogP contribution in [-0.4, -0.2) is 41.2 Å². The molecule has 32 heavy (non-hydrogen) atoms. The molecule has 3 heterocycles. The fourth-order valence-electron chi connectivity index (χ4n) is 3.84. The SMILES string of the molecule is O=C1CC(C(=O)Nc2cccc(OC(F)(F)F)c2)c2c(nc(N3CCCCC3)[nH]c2=O)N1. The van der Waals surface area contributed by atoms with Gasteiger partial charge in [-0.05, 0) is 31.4 Å². The van der Waals surface area contributed by atoms with Crippen molar-refractivity contribution in [3.8, 4) is 5.75 Å². The largest absolute Gasteiger partial charge is 0.573 e. The maximum absolute atomic E-state index is 12.9. The van der Waals surface area contributed by atoms with Crippen molar-refractivity contribution in [2.24, 2.45) is 0 Å². The lowest BCUT2D eigenvalue weighted by Crippen LogP contribution is -2.38. The van der Waals surface area contributed by atoms with Gasteiger partial charge in [-0.15, -0.1) is 13.2 Å². The number of anilines is 3. The summed E-state index contributed by atoms with van der Waals surface area (Å²) in [5, 5.41) is 4.99. The molecule has 9 nitrogen and oxygen atoms in total. The van der Waals surface area contributed by atoms with Gasteiger partial charge in [0.15, 0.2) is 0 Å². The number of carbonyl (C=O) groups excluding carboxylic acids is 2. The van der Waals surface area contributed by atoms with Crippen LogP contribution in [0.5, 0.6) is 5.75 Å². The summed E-state index contributed by atoms with van der Waals surface area (Å²) in [5.74, 6) is -2.54. The molecule has 170 valence electrons. The minimum absolute atomic E-state index is 0.00514. The molecule has 0 aliphatic carbocycles. The van der Waals surface area contributed by atoms with Crippen LogP contribution in [0.3, 0.4) is 0 Å². The van der Waals surface area contributed by atoms with Crippen LogP contribution in [0.1, 0.15) is 37.2 Å². The number of fused-ring (bicyclic) bond motifs is 1. The van der Waals surface area contributed by atoms with Crippen LogP contribution in [0.15, 0.2) is 29.1 Å². The second kappa shape index (κ2) is 8.52. The average molecular weight is 451 g/mol. The van der Waals surface area contributed by atoms with Crippen molar-refractivity contribution < 1.29 is 27.5 Å².